The van der Waals surface area contributed by atoms with Crippen molar-refractivity contribution < 1.29 is 9.53 Å². The maximum absolute atomic E-state index is 12.2. The number of thiophene rings is 1. The van der Waals surface area contributed by atoms with E-state index in [1.165, 1.54) is 15.9 Å². The number of nitrogens with zero attached hydrogens (tertiary/aromatic N) is 2. The molecule has 0 bridgehead atoms. The summed E-state index contributed by atoms with van der Waals surface area (Å²) in [6, 6.07) is 1.64. The van der Waals surface area contributed by atoms with Crippen molar-refractivity contribution in [2.45, 2.75) is 13.5 Å². The lowest BCUT2D eigenvalue weighted by Crippen LogP contribution is -2.40. The molecule has 0 atom stereocenters. The molecule has 0 unspecified atom stereocenters. The molecule has 2 aromatic rings. The van der Waals surface area contributed by atoms with Gasteiger partial charge in [-0.3, -0.25) is 14.2 Å². The number of esters is 1. The van der Waals surface area contributed by atoms with Crippen LogP contribution < -0.4 is 11.2 Å². The molecule has 0 spiro atoms. The van der Waals surface area contributed by atoms with Gasteiger partial charge in [0.1, 0.15) is 11.4 Å². The number of ether oxygens (including phenoxy) is 1. The van der Waals surface area contributed by atoms with Crippen molar-refractivity contribution in [1.29, 1.82) is 0 Å². The largest absolute Gasteiger partial charge is 0.465 e. The van der Waals surface area contributed by atoms with Gasteiger partial charge in [0.2, 0.25) is 0 Å². The maximum Gasteiger partial charge on any atom is 0.332 e. The molecule has 2 rings (SSSR count). The second-order valence-corrected chi connectivity index (χ2v) is 6.22. The molecule has 0 aliphatic rings. The van der Waals surface area contributed by atoms with E-state index in [9.17, 15) is 14.4 Å². The Morgan fingerprint density at radius 1 is 1.47 bits per heavy atom. The number of rotatable bonds is 3. The van der Waals surface area contributed by atoms with Gasteiger partial charge >= 0.3 is 11.7 Å². The van der Waals surface area contributed by atoms with Crippen LogP contribution in [0.1, 0.15) is 6.92 Å². The number of hydrogen-bond donors (Lipinski definition) is 0. The fourth-order valence-electron chi connectivity index (χ4n) is 1.73. The summed E-state index contributed by atoms with van der Waals surface area (Å²) in [5.74, 6) is -0.602. The highest BCUT2D eigenvalue weighted by molar-refractivity contribution is 9.11. The third-order valence-corrected chi connectivity index (χ3v) is 4.29. The standard InChI is InChI=1S/C11H11BrN2O4S/c1-3-18-8(15)5-14-9(16)6-4-7(12)19-10(6)13(2)11(14)17/h4H,3,5H2,1-2H3. The van der Waals surface area contributed by atoms with Crippen LogP contribution in [0.5, 0.6) is 0 Å². The number of aromatic nitrogens is 2. The monoisotopic (exact) mass is 346 g/mol. The molecule has 6 nitrogen and oxygen atoms in total. The number of halogens is 1. The number of fused-ring (bicyclic) bond motifs is 1. The lowest BCUT2D eigenvalue weighted by molar-refractivity contribution is -0.143. The van der Waals surface area contributed by atoms with Crippen LogP contribution in [0.3, 0.4) is 0 Å². The zero-order chi connectivity index (χ0) is 14.2. The molecule has 2 heterocycles. The highest BCUT2D eigenvalue weighted by Gasteiger charge is 2.16. The van der Waals surface area contributed by atoms with Crippen LogP contribution in [0.25, 0.3) is 10.2 Å². The van der Waals surface area contributed by atoms with E-state index >= 15 is 0 Å². The van der Waals surface area contributed by atoms with E-state index in [-0.39, 0.29) is 13.2 Å². The Balaban J connectivity index is 2.65. The molecule has 0 amide bonds. The molecule has 2 aromatic heterocycles. The minimum absolute atomic E-state index is 0.208. The summed E-state index contributed by atoms with van der Waals surface area (Å²) in [5.41, 5.74) is -1.01. The van der Waals surface area contributed by atoms with E-state index in [0.717, 1.165) is 8.35 Å². The molecule has 19 heavy (non-hydrogen) atoms. The van der Waals surface area contributed by atoms with Gasteiger partial charge in [0.05, 0.1) is 15.8 Å². The van der Waals surface area contributed by atoms with Gasteiger partial charge < -0.3 is 4.74 Å². The predicted molar refractivity (Wildman–Crippen MR) is 75.7 cm³/mol. The summed E-state index contributed by atoms with van der Waals surface area (Å²) in [4.78, 5) is 36.2. The summed E-state index contributed by atoms with van der Waals surface area (Å²) < 4.78 is 7.75. The van der Waals surface area contributed by atoms with Crippen LogP contribution in [-0.2, 0) is 23.1 Å². The van der Waals surface area contributed by atoms with Crippen molar-refractivity contribution in [1.82, 2.24) is 9.13 Å². The Hall–Kier alpha value is -1.41. The molecular weight excluding hydrogens is 336 g/mol. The second kappa shape index (κ2) is 5.30. The van der Waals surface area contributed by atoms with E-state index in [1.54, 1.807) is 20.0 Å². The molecule has 0 fully saturated rings. The number of aryl methyl sites for hydroxylation is 1. The molecule has 0 aliphatic heterocycles. The summed E-state index contributed by atoms with van der Waals surface area (Å²) in [7, 11) is 1.56. The van der Waals surface area contributed by atoms with Gasteiger partial charge in [0, 0.05) is 7.05 Å². The molecule has 102 valence electrons. The fourth-order valence-corrected chi connectivity index (χ4v) is 3.25. The van der Waals surface area contributed by atoms with Crippen LogP contribution in [0, 0.1) is 0 Å². The topological polar surface area (TPSA) is 70.3 Å². The SMILES string of the molecule is CCOC(=O)Cn1c(=O)c2cc(Br)sc2n(C)c1=O. The average Bonchev–Trinajstić information content (AvgIpc) is 2.75. The van der Waals surface area contributed by atoms with Crippen LogP contribution >= 0.6 is 27.3 Å². The number of carbonyl (C=O) groups is 1. The van der Waals surface area contributed by atoms with Crippen molar-refractivity contribution in [3.05, 3.63) is 30.7 Å². The van der Waals surface area contributed by atoms with E-state index in [2.05, 4.69) is 15.9 Å². The van der Waals surface area contributed by atoms with E-state index in [1.807, 2.05) is 0 Å². The average molecular weight is 347 g/mol. The van der Waals surface area contributed by atoms with E-state index in [4.69, 9.17) is 4.74 Å². The Labute approximate surface area is 120 Å². The molecule has 0 aliphatic carbocycles. The Bertz CT molecular complexity index is 758. The van der Waals surface area contributed by atoms with Crippen LogP contribution in [0.15, 0.2) is 19.4 Å². The first-order valence-corrected chi connectivity index (χ1v) is 7.11. The molecule has 8 heteroatoms. The first kappa shape index (κ1) is 14.0. The van der Waals surface area contributed by atoms with Gasteiger partial charge in [-0.15, -0.1) is 11.3 Å². The number of carbonyl (C=O) groups excluding carboxylic acids is 1. The van der Waals surface area contributed by atoms with Crippen molar-refractivity contribution in [2.24, 2.45) is 7.05 Å². The molecule has 0 saturated heterocycles. The third-order valence-electron chi connectivity index (χ3n) is 2.57. The Morgan fingerprint density at radius 3 is 2.79 bits per heavy atom. The van der Waals surface area contributed by atoms with Gasteiger partial charge in [-0.25, -0.2) is 9.36 Å². The maximum atomic E-state index is 12.2. The van der Waals surface area contributed by atoms with E-state index < -0.39 is 17.2 Å². The quantitative estimate of drug-likeness (QED) is 0.780. The Kier molecular flexibility index (Phi) is 3.91. The van der Waals surface area contributed by atoms with Crippen LogP contribution in [0.2, 0.25) is 0 Å². The second-order valence-electron chi connectivity index (χ2n) is 3.81. The van der Waals surface area contributed by atoms with Crippen LogP contribution in [0.4, 0.5) is 0 Å². The van der Waals surface area contributed by atoms with Gasteiger partial charge in [-0.1, -0.05) is 0 Å². The van der Waals surface area contributed by atoms with Gasteiger partial charge in [-0.05, 0) is 28.9 Å². The van der Waals surface area contributed by atoms with Crippen molar-refractivity contribution in [2.75, 3.05) is 6.61 Å². The minimum Gasteiger partial charge on any atom is -0.465 e. The number of hydrogen-bond acceptors (Lipinski definition) is 5. The van der Waals surface area contributed by atoms with Crippen molar-refractivity contribution in [3.63, 3.8) is 0 Å². The summed E-state index contributed by atoms with van der Waals surface area (Å²) in [6.07, 6.45) is 0. The first-order valence-electron chi connectivity index (χ1n) is 5.50. The van der Waals surface area contributed by atoms with E-state index in [0.29, 0.717) is 10.2 Å². The highest BCUT2D eigenvalue weighted by atomic mass is 79.9. The lowest BCUT2D eigenvalue weighted by Gasteiger charge is -2.07. The minimum atomic E-state index is -0.602. The summed E-state index contributed by atoms with van der Waals surface area (Å²) in [6.45, 7) is 1.50. The lowest BCUT2D eigenvalue weighted by atomic mass is 10.4. The smallest absolute Gasteiger partial charge is 0.332 e. The molecule has 0 N–H and O–H groups in total. The van der Waals surface area contributed by atoms with Gasteiger partial charge in [-0.2, -0.15) is 0 Å². The van der Waals surface area contributed by atoms with Gasteiger partial charge in [0.25, 0.3) is 5.56 Å². The molecular formula is C11H11BrN2O4S. The summed E-state index contributed by atoms with van der Waals surface area (Å²) in [5, 5.41) is 0.406. The van der Waals surface area contributed by atoms with Crippen molar-refractivity contribution >= 4 is 43.5 Å². The van der Waals surface area contributed by atoms with Crippen molar-refractivity contribution in [3.8, 4) is 0 Å². The highest BCUT2D eigenvalue weighted by Crippen LogP contribution is 2.26. The zero-order valence-corrected chi connectivity index (χ0v) is 12.7. The normalized spacial score (nSPS) is 10.9. The summed E-state index contributed by atoms with van der Waals surface area (Å²) >= 11 is 4.58. The molecule has 0 aromatic carbocycles. The molecule has 0 saturated carbocycles. The molecule has 0 radical (unpaired) electrons. The Morgan fingerprint density at radius 2 is 2.16 bits per heavy atom. The third kappa shape index (κ3) is 2.50. The van der Waals surface area contributed by atoms with Crippen LogP contribution in [-0.4, -0.2) is 21.7 Å². The zero-order valence-electron chi connectivity index (χ0n) is 10.3. The predicted octanol–water partition coefficient (Wildman–Crippen LogP) is 1.09. The first-order chi connectivity index (χ1) is 8.95. The fraction of sp³-hybridized carbons (Fsp3) is 0.364. The van der Waals surface area contributed by atoms with Gasteiger partial charge in [0.15, 0.2) is 0 Å².